The molecule has 0 unspecified atom stereocenters. The van der Waals surface area contributed by atoms with E-state index in [0.29, 0.717) is 13.2 Å². The van der Waals surface area contributed by atoms with Crippen molar-refractivity contribution in [2.24, 2.45) is 7.05 Å². The standard InChI is InChI=1S/C14H18N4O2/c1-18-8-12(7-17-18)20-14-10-19-9-13(14)16-6-11-2-4-15-5-3-11/h2-5,7-8,13-14,16H,6,9-10H2,1H3/t13-,14+/m0/s1. The molecule has 1 fully saturated rings. The van der Waals surface area contributed by atoms with Crippen molar-refractivity contribution < 1.29 is 9.47 Å². The third kappa shape index (κ3) is 3.15. The molecule has 106 valence electrons. The molecular weight excluding hydrogens is 256 g/mol. The number of ether oxygens (including phenoxy) is 2. The number of aryl methyl sites for hydroxylation is 1. The highest BCUT2D eigenvalue weighted by atomic mass is 16.5. The van der Waals surface area contributed by atoms with Crippen molar-refractivity contribution in [2.75, 3.05) is 13.2 Å². The lowest BCUT2D eigenvalue weighted by Gasteiger charge is -2.19. The molecule has 0 aromatic carbocycles. The van der Waals surface area contributed by atoms with E-state index in [1.54, 1.807) is 23.3 Å². The zero-order chi connectivity index (χ0) is 13.8. The summed E-state index contributed by atoms with van der Waals surface area (Å²) in [4.78, 5) is 4.01. The van der Waals surface area contributed by atoms with Crippen molar-refractivity contribution in [2.45, 2.75) is 18.7 Å². The van der Waals surface area contributed by atoms with Gasteiger partial charge in [0.05, 0.1) is 31.6 Å². The summed E-state index contributed by atoms with van der Waals surface area (Å²) in [6, 6.07) is 4.18. The molecule has 3 rings (SSSR count). The van der Waals surface area contributed by atoms with Crippen LogP contribution in [0.1, 0.15) is 5.56 Å². The molecule has 1 saturated heterocycles. The smallest absolute Gasteiger partial charge is 0.157 e. The Bertz CT molecular complexity index is 543. The molecule has 0 bridgehead atoms. The lowest BCUT2D eigenvalue weighted by atomic mass is 10.2. The van der Waals surface area contributed by atoms with Crippen molar-refractivity contribution in [3.63, 3.8) is 0 Å². The first kappa shape index (κ1) is 13.1. The van der Waals surface area contributed by atoms with Crippen LogP contribution >= 0.6 is 0 Å². The maximum atomic E-state index is 5.91. The molecule has 20 heavy (non-hydrogen) atoms. The van der Waals surface area contributed by atoms with Gasteiger partial charge < -0.3 is 14.8 Å². The predicted octanol–water partition coefficient (Wildman–Crippen LogP) is 0.751. The molecule has 0 amide bonds. The molecule has 2 aromatic rings. The highest BCUT2D eigenvalue weighted by Crippen LogP contribution is 2.16. The first-order valence-corrected chi connectivity index (χ1v) is 6.66. The summed E-state index contributed by atoms with van der Waals surface area (Å²) in [5, 5.41) is 7.57. The Kier molecular flexibility index (Phi) is 3.94. The Balaban J connectivity index is 1.55. The summed E-state index contributed by atoms with van der Waals surface area (Å²) in [5.41, 5.74) is 1.20. The van der Waals surface area contributed by atoms with Gasteiger partial charge in [-0.05, 0) is 17.7 Å². The fraction of sp³-hybridized carbons (Fsp3) is 0.429. The van der Waals surface area contributed by atoms with Gasteiger partial charge in [0.25, 0.3) is 0 Å². The average molecular weight is 274 g/mol. The molecule has 2 aromatic heterocycles. The number of hydrogen-bond donors (Lipinski definition) is 1. The van der Waals surface area contributed by atoms with Gasteiger partial charge in [-0.1, -0.05) is 0 Å². The van der Waals surface area contributed by atoms with Crippen LogP contribution in [-0.2, 0) is 18.3 Å². The number of aromatic nitrogens is 3. The zero-order valence-corrected chi connectivity index (χ0v) is 11.4. The van der Waals surface area contributed by atoms with Gasteiger partial charge in [0.15, 0.2) is 5.75 Å². The van der Waals surface area contributed by atoms with Crippen LogP contribution in [0, 0.1) is 0 Å². The fourth-order valence-corrected chi connectivity index (χ4v) is 2.23. The fourth-order valence-electron chi connectivity index (χ4n) is 2.23. The third-order valence-corrected chi connectivity index (χ3v) is 3.31. The molecule has 1 aliphatic heterocycles. The van der Waals surface area contributed by atoms with Crippen LogP contribution in [0.2, 0.25) is 0 Å². The van der Waals surface area contributed by atoms with E-state index in [2.05, 4.69) is 15.4 Å². The highest BCUT2D eigenvalue weighted by molar-refractivity contribution is 5.13. The SMILES string of the molecule is Cn1cc(O[C@@H]2COC[C@@H]2NCc2ccncc2)cn1. The van der Waals surface area contributed by atoms with E-state index in [4.69, 9.17) is 9.47 Å². The van der Waals surface area contributed by atoms with Gasteiger partial charge in [0.1, 0.15) is 6.10 Å². The molecule has 0 spiro atoms. The van der Waals surface area contributed by atoms with E-state index in [-0.39, 0.29) is 12.1 Å². The van der Waals surface area contributed by atoms with E-state index >= 15 is 0 Å². The average Bonchev–Trinajstić information content (AvgIpc) is 3.07. The van der Waals surface area contributed by atoms with Crippen molar-refractivity contribution in [1.82, 2.24) is 20.1 Å². The molecule has 1 aliphatic rings. The van der Waals surface area contributed by atoms with Crippen molar-refractivity contribution in [1.29, 1.82) is 0 Å². The van der Waals surface area contributed by atoms with Crippen LogP contribution in [0.25, 0.3) is 0 Å². The molecule has 6 nitrogen and oxygen atoms in total. The minimum Gasteiger partial charge on any atom is -0.483 e. The van der Waals surface area contributed by atoms with Crippen molar-refractivity contribution in [3.8, 4) is 5.75 Å². The minimum atomic E-state index is 0.0148. The van der Waals surface area contributed by atoms with Gasteiger partial charge in [0.2, 0.25) is 0 Å². The van der Waals surface area contributed by atoms with Gasteiger partial charge in [0, 0.05) is 26.0 Å². The van der Waals surface area contributed by atoms with Crippen LogP contribution in [0.15, 0.2) is 36.9 Å². The van der Waals surface area contributed by atoms with Crippen molar-refractivity contribution in [3.05, 3.63) is 42.5 Å². The molecule has 2 atom stereocenters. The second-order valence-corrected chi connectivity index (χ2v) is 4.89. The van der Waals surface area contributed by atoms with Gasteiger partial charge in [-0.25, -0.2) is 0 Å². The van der Waals surface area contributed by atoms with Crippen LogP contribution in [0.5, 0.6) is 5.75 Å². The molecule has 0 aliphatic carbocycles. The first-order valence-electron chi connectivity index (χ1n) is 6.66. The second kappa shape index (κ2) is 6.02. The van der Waals surface area contributed by atoms with Crippen LogP contribution in [-0.4, -0.2) is 40.1 Å². The van der Waals surface area contributed by atoms with Crippen LogP contribution in [0.4, 0.5) is 0 Å². The maximum absolute atomic E-state index is 5.91. The normalized spacial score (nSPS) is 22.1. The van der Waals surface area contributed by atoms with Crippen LogP contribution in [0.3, 0.4) is 0 Å². The highest BCUT2D eigenvalue weighted by Gasteiger charge is 2.29. The number of rotatable bonds is 5. The number of nitrogens with one attached hydrogen (secondary N) is 1. The molecule has 0 radical (unpaired) electrons. The number of pyridine rings is 1. The lowest BCUT2D eigenvalue weighted by Crippen LogP contribution is -2.41. The first-order chi connectivity index (χ1) is 9.81. The predicted molar refractivity (Wildman–Crippen MR) is 73.3 cm³/mol. The van der Waals surface area contributed by atoms with Gasteiger partial charge in [-0.2, -0.15) is 5.10 Å². The van der Waals surface area contributed by atoms with E-state index in [1.165, 1.54) is 5.56 Å². The quantitative estimate of drug-likeness (QED) is 0.872. The van der Waals surface area contributed by atoms with Crippen LogP contribution < -0.4 is 10.1 Å². The summed E-state index contributed by atoms with van der Waals surface area (Å²) in [7, 11) is 1.87. The summed E-state index contributed by atoms with van der Waals surface area (Å²) in [5.74, 6) is 0.777. The third-order valence-electron chi connectivity index (χ3n) is 3.31. The van der Waals surface area contributed by atoms with E-state index in [9.17, 15) is 0 Å². The molecule has 6 heteroatoms. The Morgan fingerprint density at radius 2 is 2.25 bits per heavy atom. The zero-order valence-electron chi connectivity index (χ0n) is 11.4. The largest absolute Gasteiger partial charge is 0.483 e. The van der Waals surface area contributed by atoms with E-state index in [1.807, 2.05) is 25.4 Å². The second-order valence-electron chi connectivity index (χ2n) is 4.89. The Labute approximate surface area is 117 Å². The Hall–Kier alpha value is -1.92. The summed E-state index contributed by atoms with van der Waals surface area (Å²) in [6.07, 6.45) is 7.19. The maximum Gasteiger partial charge on any atom is 0.157 e. The summed E-state index contributed by atoms with van der Waals surface area (Å²) in [6.45, 7) is 2.04. The number of nitrogens with zero attached hydrogens (tertiary/aromatic N) is 3. The number of hydrogen-bond acceptors (Lipinski definition) is 5. The van der Waals surface area contributed by atoms with Gasteiger partial charge in [-0.3, -0.25) is 9.67 Å². The van der Waals surface area contributed by atoms with Gasteiger partial charge >= 0.3 is 0 Å². The van der Waals surface area contributed by atoms with E-state index in [0.717, 1.165) is 12.3 Å². The Morgan fingerprint density at radius 3 is 3.00 bits per heavy atom. The van der Waals surface area contributed by atoms with Crippen molar-refractivity contribution >= 4 is 0 Å². The monoisotopic (exact) mass is 274 g/mol. The van der Waals surface area contributed by atoms with Gasteiger partial charge in [-0.15, -0.1) is 0 Å². The Morgan fingerprint density at radius 1 is 1.40 bits per heavy atom. The molecule has 1 N–H and O–H groups in total. The molecular formula is C14H18N4O2. The molecule has 0 saturated carbocycles. The minimum absolute atomic E-state index is 0.0148. The molecule has 3 heterocycles. The van der Waals surface area contributed by atoms with E-state index < -0.39 is 0 Å². The lowest BCUT2D eigenvalue weighted by molar-refractivity contribution is 0.139. The topological polar surface area (TPSA) is 61.2 Å². The summed E-state index contributed by atoms with van der Waals surface area (Å²) >= 11 is 0. The summed E-state index contributed by atoms with van der Waals surface area (Å²) < 4.78 is 13.2.